The van der Waals surface area contributed by atoms with E-state index in [9.17, 15) is 4.79 Å². The van der Waals surface area contributed by atoms with Crippen LogP contribution in [0.3, 0.4) is 0 Å². The van der Waals surface area contributed by atoms with Crippen molar-refractivity contribution in [3.63, 3.8) is 0 Å². The SMILES string of the molecule is CCCCCCCC/C=C\CCCC(OC)C(=O)O. The van der Waals surface area contributed by atoms with Gasteiger partial charge in [0.25, 0.3) is 0 Å². The van der Waals surface area contributed by atoms with E-state index in [0.717, 1.165) is 19.3 Å². The van der Waals surface area contributed by atoms with Gasteiger partial charge in [0.15, 0.2) is 6.10 Å². The van der Waals surface area contributed by atoms with Crippen LogP contribution < -0.4 is 0 Å². The summed E-state index contributed by atoms with van der Waals surface area (Å²) >= 11 is 0. The molecular formula is C16H30O3. The van der Waals surface area contributed by atoms with Crippen LogP contribution in [0.5, 0.6) is 0 Å². The molecule has 3 nitrogen and oxygen atoms in total. The summed E-state index contributed by atoms with van der Waals surface area (Å²) in [6.45, 7) is 2.24. The number of rotatable bonds is 13. The Kier molecular flexibility index (Phi) is 13.0. The molecule has 0 amide bonds. The predicted molar refractivity (Wildman–Crippen MR) is 79.4 cm³/mol. The van der Waals surface area contributed by atoms with E-state index in [-0.39, 0.29) is 0 Å². The molecule has 19 heavy (non-hydrogen) atoms. The Labute approximate surface area is 118 Å². The van der Waals surface area contributed by atoms with E-state index < -0.39 is 12.1 Å². The Balaban J connectivity index is 3.32. The highest BCUT2D eigenvalue weighted by atomic mass is 16.5. The molecule has 3 heteroatoms. The minimum atomic E-state index is -0.862. The lowest BCUT2D eigenvalue weighted by Gasteiger charge is -2.08. The molecule has 0 aliphatic heterocycles. The van der Waals surface area contributed by atoms with Gasteiger partial charge in [-0.1, -0.05) is 51.2 Å². The van der Waals surface area contributed by atoms with Crippen LogP contribution in [0, 0.1) is 0 Å². The fourth-order valence-electron chi connectivity index (χ4n) is 2.04. The van der Waals surface area contributed by atoms with Crippen LogP contribution in [-0.4, -0.2) is 24.3 Å². The van der Waals surface area contributed by atoms with Gasteiger partial charge >= 0.3 is 5.97 Å². The highest BCUT2D eigenvalue weighted by Crippen LogP contribution is 2.08. The van der Waals surface area contributed by atoms with Gasteiger partial charge in [0.05, 0.1) is 0 Å². The number of carboxylic acids is 1. The number of unbranched alkanes of at least 4 members (excludes halogenated alkanes) is 7. The Hall–Kier alpha value is -0.830. The maximum Gasteiger partial charge on any atom is 0.332 e. The zero-order valence-corrected chi connectivity index (χ0v) is 12.6. The van der Waals surface area contributed by atoms with Crippen LogP contribution in [0.25, 0.3) is 0 Å². The van der Waals surface area contributed by atoms with E-state index in [1.807, 2.05) is 0 Å². The third kappa shape index (κ3) is 12.0. The Bertz CT molecular complexity index is 236. The number of carbonyl (C=O) groups is 1. The van der Waals surface area contributed by atoms with Crippen LogP contribution in [0.15, 0.2) is 12.2 Å². The highest BCUT2D eigenvalue weighted by Gasteiger charge is 2.14. The molecule has 1 atom stereocenters. The third-order valence-corrected chi connectivity index (χ3v) is 3.29. The molecule has 0 saturated heterocycles. The standard InChI is InChI=1S/C16H30O3/c1-3-4-5-6-7-8-9-10-11-12-13-14-15(19-2)16(17)18/h10-11,15H,3-9,12-14H2,1-2H3,(H,17,18)/b11-10-. The van der Waals surface area contributed by atoms with E-state index in [2.05, 4.69) is 19.1 Å². The lowest BCUT2D eigenvalue weighted by Crippen LogP contribution is -2.21. The van der Waals surface area contributed by atoms with Crippen molar-refractivity contribution >= 4 is 5.97 Å². The number of methoxy groups -OCH3 is 1. The summed E-state index contributed by atoms with van der Waals surface area (Å²) in [4.78, 5) is 10.7. The molecule has 0 saturated carbocycles. The second-order valence-electron chi connectivity index (χ2n) is 5.02. The average Bonchev–Trinajstić information content (AvgIpc) is 2.40. The quantitative estimate of drug-likeness (QED) is 0.394. The maximum absolute atomic E-state index is 10.7. The normalized spacial score (nSPS) is 12.9. The predicted octanol–water partition coefficient (Wildman–Crippen LogP) is 4.56. The number of aliphatic carboxylic acids is 1. The molecular weight excluding hydrogens is 240 g/mol. The van der Waals surface area contributed by atoms with Crippen LogP contribution in [0.1, 0.15) is 71.1 Å². The Morgan fingerprint density at radius 1 is 1.05 bits per heavy atom. The summed E-state index contributed by atoms with van der Waals surface area (Å²) in [6.07, 6.45) is 15.3. The number of allylic oxidation sites excluding steroid dienone is 2. The Morgan fingerprint density at radius 2 is 1.63 bits per heavy atom. The molecule has 0 aromatic carbocycles. The fourth-order valence-corrected chi connectivity index (χ4v) is 2.04. The molecule has 0 rings (SSSR count). The zero-order valence-electron chi connectivity index (χ0n) is 12.6. The summed E-state index contributed by atoms with van der Waals surface area (Å²) in [5, 5.41) is 8.79. The molecule has 1 unspecified atom stereocenters. The van der Waals surface area contributed by atoms with Gasteiger partial charge in [-0.25, -0.2) is 4.79 Å². The Morgan fingerprint density at radius 3 is 2.21 bits per heavy atom. The van der Waals surface area contributed by atoms with Crippen molar-refractivity contribution < 1.29 is 14.6 Å². The minimum Gasteiger partial charge on any atom is -0.479 e. The van der Waals surface area contributed by atoms with Crippen molar-refractivity contribution in [2.45, 2.75) is 77.2 Å². The van der Waals surface area contributed by atoms with Gasteiger partial charge in [-0.15, -0.1) is 0 Å². The fraction of sp³-hybridized carbons (Fsp3) is 0.812. The monoisotopic (exact) mass is 270 g/mol. The minimum absolute atomic E-state index is 0.590. The largest absolute Gasteiger partial charge is 0.479 e. The zero-order chi connectivity index (χ0) is 14.3. The van der Waals surface area contributed by atoms with Crippen molar-refractivity contribution in [1.29, 1.82) is 0 Å². The third-order valence-electron chi connectivity index (χ3n) is 3.29. The summed E-state index contributed by atoms with van der Waals surface area (Å²) < 4.78 is 4.88. The second kappa shape index (κ2) is 13.6. The van der Waals surface area contributed by atoms with Gasteiger partial charge in [0, 0.05) is 7.11 Å². The van der Waals surface area contributed by atoms with Gasteiger partial charge in [0.2, 0.25) is 0 Å². The van der Waals surface area contributed by atoms with Crippen molar-refractivity contribution in [2.75, 3.05) is 7.11 Å². The maximum atomic E-state index is 10.7. The molecule has 112 valence electrons. The van der Waals surface area contributed by atoms with Crippen molar-refractivity contribution in [3.8, 4) is 0 Å². The van der Waals surface area contributed by atoms with Crippen molar-refractivity contribution in [1.82, 2.24) is 0 Å². The summed E-state index contributed by atoms with van der Waals surface area (Å²) in [5.74, 6) is -0.862. The smallest absolute Gasteiger partial charge is 0.332 e. The molecule has 0 fully saturated rings. The molecule has 0 aliphatic carbocycles. The number of hydrogen-bond acceptors (Lipinski definition) is 2. The van der Waals surface area contributed by atoms with Crippen LogP contribution in [0.2, 0.25) is 0 Å². The first kappa shape index (κ1) is 18.2. The van der Waals surface area contributed by atoms with E-state index in [1.54, 1.807) is 0 Å². The van der Waals surface area contributed by atoms with Gasteiger partial charge in [-0.3, -0.25) is 0 Å². The average molecular weight is 270 g/mol. The van der Waals surface area contributed by atoms with Crippen molar-refractivity contribution in [2.24, 2.45) is 0 Å². The highest BCUT2D eigenvalue weighted by molar-refractivity contribution is 5.72. The number of hydrogen-bond donors (Lipinski definition) is 1. The molecule has 0 spiro atoms. The van der Waals surface area contributed by atoms with Gasteiger partial charge in [-0.2, -0.15) is 0 Å². The molecule has 0 aliphatic rings. The molecule has 0 aromatic heterocycles. The molecule has 0 heterocycles. The molecule has 1 N–H and O–H groups in total. The van der Waals surface area contributed by atoms with Gasteiger partial charge in [0.1, 0.15) is 0 Å². The second-order valence-corrected chi connectivity index (χ2v) is 5.02. The summed E-state index contributed by atoms with van der Waals surface area (Å²) in [6, 6.07) is 0. The van der Waals surface area contributed by atoms with Crippen LogP contribution in [-0.2, 0) is 9.53 Å². The van der Waals surface area contributed by atoms with E-state index in [0.29, 0.717) is 6.42 Å². The summed E-state index contributed by atoms with van der Waals surface area (Å²) in [5.41, 5.74) is 0. The first-order chi connectivity index (χ1) is 9.22. The molecule has 0 radical (unpaired) electrons. The van der Waals surface area contributed by atoms with E-state index in [4.69, 9.17) is 9.84 Å². The van der Waals surface area contributed by atoms with Gasteiger partial charge < -0.3 is 9.84 Å². The molecule has 0 aromatic rings. The number of ether oxygens (including phenoxy) is 1. The number of carboxylic acid groups (broad SMARTS) is 1. The lowest BCUT2D eigenvalue weighted by atomic mass is 10.1. The van der Waals surface area contributed by atoms with Crippen LogP contribution in [0.4, 0.5) is 0 Å². The molecule has 0 bridgehead atoms. The first-order valence-electron chi connectivity index (χ1n) is 7.63. The first-order valence-corrected chi connectivity index (χ1v) is 7.63. The van der Waals surface area contributed by atoms with Gasteiger partial charge in [-0.05, 0) is 32.1 Å². The topological polar surface area (TPSA) is 46.5 Å². The lowest BCUT2D eigenvalue weighted by molar-refractivity contribution is -0.148. The van der Waals surface area contributed by atoms with E-state index >= 15 is 0 Å². The van der Waals surface area contributed by atoms with E-state index in [1.165, 1.54) is 45.6 Å². The summed E-state index contributed by atoms with van der Waals surface area (Å²) in [7, 11) is 1.45. The van der Waals surface area contributed by atoms with Crippen LogP contribution >= 0.6 is 0 Å². The van der Waals surface area contributed by atoms with Crippen molar-refractivity contribution in [3.05, 3.63) is 12.2 Å².